The van der Waals surface area contributed by atoms with Crippen LogP contribution >= 0.6 is 0 Å². The molecule has 0 aliphatic rings. The Kier molecular flexibility index (Phi) is 3.87. The van der Waals surface area contributed by atoms with Gasteiger partial charge in [0, 0.05) is 7.05 Å². The number of hydrogen-bond acceptors (Lipinski definition) is 3. The van der Waals surface area contributed by atoms with Crippen LogP contribution in [0.25, 0.3) is 0 Å². The van der Waals surface area contributed by atoms with Gasteiger partial charge >= 0.3 is 6.03 Å². The van der Waals surface area contributed by atoms with Crippen molar-refractivity contribution in [3.05, 3.63) is 12.0 Å². The predicted octanol–water partition coefficient (Wildman–Crippen LogP) is 0.401. The number of aromatic amines is 1. The zero-order valence-corrected chi connectivity index (χ0v) is 9.37. The first kappa shape index (κ1) is 12.0. The van der Waals surface area contributed by atoms with Gasteiger partial charge in [0.1, 0.15) is 0 Å². The first-order valence-corrected chi connectivity index (χ1v) is 4.97. The van der Waals surface area contributed by atoms with Crippen molar-refractivity contribution in [1.82, 2.24) is 15.3 Å². The van der Waals surface area contributed by atoms with E-state index in [0.717, 1.165) is 18.5 Å². The molecule has 16 heavy (non-hydrogen) atoms. The summed E-state index contributed by atoms with van der Waals surface area (Å²) in [6, 6.07) is -0.760. The molecule has 1 aromatic rings. The van der Waals surface area contributed by atoms with E-state index < -0.39 is 6.03 Å². The van der Waals surface area contributed by atoms with Crippen LogP contribution in [-0.4, -0.2) is 29.0 Å². The summed E-state index contributed by atoms with van der Waals surface area (Å²) in [6.07, 6.45) is 3.37. The lowest BCUT2D eigenvalue weighted by Crippen LogP contribution is -2.44. The average Bonchev–Trinajstić information content (AvgIpc) is 2.64. The topological polar surface area (TPSA) is 111 Å². The van der Waals surface area contributed by atoms with Crippen LogP contribution in [0.2, 0.25) is 0 Å². The quantitative estimate of drug-likeness (QED) is 0.440. The Hall–Kier alpha value is -2.05. The Morgan fingerprint density at radius 2 is 2.44 bits per heavy atom. The van der Waals surface area contributed by atoms with Crippen LogP contribution in [0.15, 0.2) is 6.33 Å². The second-order valence-corrected chi connectivity index (χ2v) is 3.35. The van der Waals surface area contributed by atoms with Gasteiger partial charge in [-0.2, -0.15) is 0 Å². The molecule has 0 aromatic carbocycles. The summed E-state index contributed by atoms with van der Waals surface area (Å²) >= 11 is 0. The SMILES string of the molecule is CCCc1[nH]cnc1N(C)C(=N)NC(N)=O. The summed E-state index contributed by atoms with van der Waals surface area (Å²) in [5, 5.41) is 9.78. The Morgan fingerprint density at radius 3 is 3.00 bits per heavy atom. The molecule has 0 atom stereocenters. The number of carbonyl (C=O) groups excluding carboxylic acids is 1. The van der Waals surface area contributed by atoms with E-state index in [1.54, 1.807) is 13.4 Å². The van der Waals surface area contributed by atoms with Crippen molar-refractivity contribution >= 4 is 17.8 Å². The molecule has 5 N–H and O–H groups in total. The molecule has 88 valence electrons. The Morgan fingerprint density at radius 1 is 1.75 bits per heavy atom. The summed E-state index contributed by atoms with van der Waals surface area (Å²) in [6.45, 7) is 2.05. The number of anilines is 1. The van der Waals surface area contributed by atoms with Crippen LogP contribution in [-0.2, 0) is 6.42 Å². The molecule has 0 bridgehead atoms. The van der Waals surface area contributed by atoms with Crippen molar-refractivity contribution in [2.75, 3.05) is 11.9 Å². The number of hydrogen-bond donors (Lipinski definition) is 4. The van der Waals surface area contributed by atoms with Crippen molar-refractivity contribution in [3.8, 4) is 0 Å². The Balaban J connectivity index is 2.78. The van der Waals surface area contributed by atoms with E-state index in [9.17, 15) is 4.79 Å². The zero-order valence-electron chi connectivity index (χ0n) is 9.37. The van der Waals surface area contributed by atoms with Gasteiger partial charge in [-0.25, -0.2) is 9.78 Å². The number of nitrogens with one attached hydrogen (secondary N) is 3. The van der Waals surface area contributed by atoms with E-state index in [1.807, 2.05) is 0 Å². The third-order valence-corrected chi connectivity index (χ3v) is 2.09. The number of imidazole rings is 1. The number of H-pyrrole nitrogens is 1. The number of carbonyl (C=O) groups is 1. The van der Waals surface area contributed by atoms with E-state index in [4.69, 9.17) is 11.1 Å². The van der Waals surface area contributed by atoms with Crippen LogP contribution in [0.4, 0.5) is 10.6 Å². The van der Waals surface area contributed by atoms with Crippen molar-refractivity contribution in [1.29, 1.82) is 5.41 Å². The van der Waals surface area contributed by atoms with Crippen molar-refractivity contribution in [2.24, 2.45) is 5.73 Å². The third-order valence-electron chi connectivity index (χ3n) is 2.09. The van der Waals surface area contributed by atoms with E-state index in [2.05, 4.69) is 22.2 Å². The molecule has 0 radical (unpaired) electrons. The van der Waals surface area contributed by atoms with E-state index in [0.29, 0.717) is 5.82 Å². The minimum Gasteiger partial charge on any atom is -0.351 e. The number of nitrogens with zero attached hydrogens (tertiary/aromatic N) is 2. The minimum absolute atomic E-state index is 0.100. The Labute approximate surface area is 93.5 Å². The molecule has 0 saturated heterocycles. The monoisotopic (exact) mass is 224 g/mol. The highest BCUT2D eigenvalue weighted by molar-refractivity contribution is 6.02. The smallest absolute Gasteiger partial charge is 0.318 e. The van der Waals surface area contributed by atoms with Gasteiger partial charge in [-0.1, -0.05) is 13.3 Å². The summed E-state index contributed by atoms with van der Waals surface area (Å²) in [4.78, 5) is 19.2. The highest BCUT2D eigenvalue weighted by Crippen LogP contribution is 2.15. The van der Waals surface area contributed by atoms with Gasteiger partial charge in [0.15, 0.2) is 5.82 Å². The molecular weight excluding hydrogens is 208 g/mol. The maximum absolute atomic E-state index is 10.6. The molecule has 0 fully saturated rings. The minimum atomic E-state index is -0.760. The zero-order chi connectivity index (χ0) is 12.1. The fraction of sp³-hybridized carbons (Fsp3) is 0.444. The lowest BCUT2D eigenvalue weighted by atomic mass is 10.2. The van der Waals surface area contributed by atoms with Crippen LogP contribution in [0.1, 0.15) is 19.0 Å². The third kappa shape index (κ3) is 2.72. The summed E-state index contributed by atoms with van der Waals surface area (Å²) < 4.78 is 0. The second kappa shape index (κ2) is 5.15. The van der Waals surface area contributed by atoms with Gasteiger partial charge < -0.3 is 10.7 Å². The molecule has 0 aliphatic carbocycles. The van der Waals surface area contributed by atoms with E-state index in [1.165, 1.54) is 4.90 Å². The molecule has 2 amide bonds. The lowest BCUT2D eigenvalue weighted by Gasteiger charge is -2.18. The molecular formula is C9H16N6O. The summed E-state index contributed by atoms with van der Waals surface area (Å²) in [5.41, 5.74) is 5.87. The predicted molar refractivity (Wildman–Crippen MR) is 61.4 cm³/mol. The Bertz CT molecular complexity index is 385. The number of primary amides is 1. The summed E-state index contributed by atoms with van der Waals surface area (Å²) in [5.74, 6) is 0.526. The van der Waals surface area contributed by atoms with Gasteiger partial charge in [0.25, 0.3) is 0 Å². The fourth-order valence-corrected chi connectivity index (χ4v) is 1.34. The number of aromatic nitrogens is 2. The van der Waals surface area contributed by atoms with Gasteiger partial charge in [0.2, 0.25) is 5.96 Å². The largest absolute Gasteiger partial charge is 0.351 e. The second-order valence-electron chi connectivity index (χ2n) is 3.35. The van der Waals surface area contributed by atoms with Crippen LogP contribution < -0.4 is 16.0 Å². The molecule has 1 rings (SSSR count). The highest BCUT2D eigenvalue weighted by Gasteiger charge is 2.14. The van der Waals surface area contributed by atoms with Crippen molar-refractivity contribution in [3.63, 3.8) is 0 Å². The van der Waals surface area contributed by atoms with Crippen LogP contribution in [0, 0.1) is 5.41 Å². The molecule has 7 heteroatoms. The van der Waals surface area contributed by atoms with Crippen molar-refractivity contribution < 1.29 is 4.79 Å². The van der Waals surface area contributed by atoms with E-state index in [-0.39, 0.29) is 5.96 Å². The van der Waals surface area contributed by atoms with Gasteiger partial charge in [-0.3, -0.25) is 15.6 Å². The van der Waals surface area contributed by atoms with Gasteiger partial charge in [-0.05, 0) is 6.42 Å². The first-order chi connectivity index (χ1) is 7.56. The number of urea groups is 1. The standard InChI is InChI=1S/C9H16N6O/c1-3-4-6-7(13-5-12-6)15(2)8(10)14-9(11)16/h5H,3-4H2,1-2H3,(H,12,13)(H4,10,11,14,16). The molecule has 1 heterocycles. The number of nitrogens with two attached hydrogens (primary N) is 1. The summed E-state index contributed by atoms with van der Waals surface area (Å²) in [7, 11) is 1.65. The van der Waals surface area contributed by atoms with Crippen molar-refractivity contribution in [2.45, 2.75) is 19.8 Å². The van der Waals surface area contributed by atoms with Gasteiger partial charge in [0.05, 0.1) is 12.0 Å². The molecule has 0 spiro atoms. The number of amides is 2. The van der Waals surface area contributed by atoms with Gasteiger partial charge in [-0.15, -0.1) is 0 Å². The molecule has 1 aromatic heterocycles. The number of rotatable bonds is 3. The average molecular weight is 224 g/mol. The molecule has 0 saturated carbocycles. The molecule has 7 nitrogen and oxygen atoms in total. The maximum atomic E-state index is 10.6. The first-order valence-electron chi connectivity index (χ1n) is 4.97. The van der Waals surface area contributed by atoms with Crippen LogP contribution in [0.3, 0.4) is 0 Å². The van der Waals surface area contributed by atoms with E-state index >= 15 is 0 Å². The van der Waals surface area contributed by atoms with Crippen LogP contribution in [0.5, 0.6) is 0 Å². The fourth-order valence-electron chi connectivity index (χ4n) is 1.34. The maximum Gasteiger partial charge on any atom is 0.318 e. The lowest BCUT2D eigenvalue weighted by molar-refractivity contribution is 0.253. The molecule has 0 aliphatic heterocycles. The molecule has 0 unspecified atom stereocenters. The number of guanidine groups is 1. The normalized spacial score (nSPS) is 9.88. The highest BCUT2D eigenvalue weighted by atomic mass is 16.2. The number of aryl methyl sites for hydroxylation is 1.